The molecule has 0 bridgehead atoms. The van der Waals surface area contributed by atoms with Gasteiger partial charge in [-0.3, -0.25) is 9.69 Å². The van der Waals surface area contributed by atoms with Gasteiger partial charge in [-0.2, -0.15) is 18.3 Å². The Hall–Kier alpha value is -3.63. The molecule has 11 heteroatoms. The molecule has 0 saturated carbocycles. The summed E-state index contributed by atoms with van der Waals surface area (Å²) in [6.07, 6.45) is -2.49. The fourth-order valence-electron chi connectivity index (χ4n) is 4.77. The average molecular weight is 489 g/mol. The van der Waals surface area contributed by atoms with Gasteiger partial charge in [0.05, 0.1) is 23.3 Å². The highest BCUT2D eigenvalue weighted by molar-refractivity contribution is 6.04. The highest BCUT2D eigenvalue weighted by Crippen LogP contribution is 2.34. The smallest absolute Gasteiger partial charge is 0.341 e. The molecule has 1 atom stereocenters. The molecule has 1 unspecified atom stereocenters. The molecule has 0 radical (unpaired) electrons. The summed E-state index contributed by atoms with van der Waals surface area (Å²) in [4.78, 5) is 29.9. The number of alkyl halides is 3. The van der Waals surface area contributed by atoms with Gasteiger partial charge >= 0.3 is 12.2 Å². The zero-order chi connectivity index (χ0) is 24.7. The van der Waals surface area contributed by atoms with Crippen LogP contribution in [0.25, 0.3) is 16.6 Å². The van der Waals surface area contributed by atoms with Crippen molar-refractivity contribution in [2.45, 2.75) is 19.0 Å². The summed E-state index contributed by atoms with van der Waals surface area (Å²) in [6.45, 7) is 0.179. The number of carbonyl (C=O) groups is 2. The molecule has 2 fully saturated rings. The van der Waals surface area contributed by atoms with E-state index >= 15 is 0 Å². The van der Waals surface area contributed by atoms with Crippen molar-refractivity contribution in [1.29, 1.82) is 0 Å². The number of rotatable bonds is 4. The number of carbonyl (C=O) groups excluding carboxylic acids is 2. The van der Waals surface area contributed by atoms with Gasteiger partial charge in [0.1, 0.15) is 18.0 Å². The van der Waals surface area contributed by atoms with Gasteiger partial charge < -0.3 is 9.80 Å². The summed E-state index contributed by atoms with van der Waals surface area (Å²) in [5.74, 6) is -2.45. The van der Waals surface area contributed by atoms with Crippen molar-refractivity contribution in [1.82, 2.24) is 19.6 Å². The third-order valence-corrected chi connectivity index (χ3v) is 6.62. The quantitative estimate of drug-likeness (QED) is 0.516. The van der Waals surface area contributed by atoms with Gasteiger partial charge in [-0.1, -0.05) is 18.2 Å². The average Bonchev–Trinajstić information content (AvgIpc) is 3.43. The van der Waals surface area contributed by atoms with Crippen molar-refractivity contribution in [2.24, 2.45) is 5.92 Å². The summed E-state index contributed by atoms with van der Waals surface area (Å²) in [5, 5.41) is 4.95. The minimum Gasteiger partial charge on any atom is -0.341 e. The lowest BCUT2D eigenvalue weighted by atomic mass is 9.97. The van der Waals surface area contributed by atoms with Crippen molar-refractivity contribution in [2.75, 3.05) is 37.6 Å². The number of urea groups is 1. The third kappa shape index (κ3) is 4.30. The number of fused-ring (bicyclic) bond motifs is 1. The molecule has 2 aliphatic heterocycles. The first-order chi connectivity index (χ1) is 16.7. The van der Waals surface area contributed by atoms with Crippen LogP contribution in [0.2, 0.25) is 0 Å². The Bertz CT molecular complexity index is 1270. The van der Waals surface area contributed by atoms with Gasteiger partial charge in [-0.05, 0) is 37.1 Å². The topological polar surface area (TPSA) is 61.7 Å². The Labute approximate surface area is 198 Å². The van der Waals surface area contributed by atoms with Crippen LogP contribution in [-0.4, -0.2) is 70.4 Å². The minimum absolute atomic E-state index is 0.00821. The number of hydrogen-bond acceptors (Lipinski definition) is 3. The van der Waals surface area contributed by atoms with E-state index in [4.69, 9.17) is 0 Å². The maximum Gasteiger partial charge on any atom is 0.393 e. The normalized spacial score (nSPS) is 19.1. The van der Waals surface area contributed by atoms with Crippen LogP contribution in [0.4, 0.5) is 28.0 Å². The molecule has 7 nitrogen and oxygen atoms in total. The van der Waals surface area contributed by atoms with Crippen LogP contribution < -0.4 is 4.90 Å². The SMILES string of the molecule is O=C(CN1CCN(c2cccc3c2cnn3-c2ccccc2F)C1=O)N1CCCC(C(F)(F)F)C1. The number of anilines is 1. The van der Waals surface area contributed by atoms with Crippen molar-refractivity contribution in [3.63, 3.8) is 0 Å². The Morgan fingerprint density at radius 1 is 1.03 bits per heavy atom. The van der Waals surface area contributed by atoms with Crippen LogP contribution in [0.5, 0.6) is 0 Å². The second kappa shape index (κ2) is 8.86. The first-order valence-corrected chi connectivity index (χ1v) is 11.4. The van der Waals surface area contributed by atoms with E-state index in [1.165, 1.54) is 25.4 Å². The van der Waals surface area contributed by atoms with Gasteiger partial charge in [0.25, 0.3) is 0 Å². The Kier molecular flexibility index (Phi) is 5.86. The van der Waals surface area contributed by atoms with E-state index in [9.17, 15) is 27.2 Å². The molecule has 0 N–H and O–H groups in total. The number of halogens is 4. The van der Waals surface area contributed by atoms with E-state index in [0.29, 0.717) is 23.1 Å². The lowest BCUT2D eigenvalue weighted by Crippen LogP contribution is -2.48. The number of piperidine rings is 1. The highest BCUT2D eigenvalue weighted by atomic mass is 19.4. The van der Waals surface area contributed by atoms with Crippen LogP contribution in [0.3, 0.4) is 0 Å². The maximum absolute atomic E-state index is 14.3. The number of nitrogens with zero attached hydrogens (tertiary/aromatic N) is 5. The summed E-state index contributed by atoms with van der Waals surface area (Å²) in [6, 6.07) is 11.1. The molecule has 35 heavy (non-hydrogen) atoms. The minimum atomic E-state index is -4.34. The maximum atomic E-state index is 14.3. The lowest BCUT2D eigenvalue weighted by Gasteiger charge is -2.34. The van der Waals surface area contributed by atoms with Crippen LogP contribution in [-0.2, 0) is 4.79 Å². The van der Waals surface area contributed by atoms with Gasteiger partial charge in [0.15, 0.2) is 0 Å². The van der Waals surface area contributed by atoms with Crippen LogP contribution in [0.15, 0.2) is 48.7 Å². The second-order valence-electron chi connectivity index (χ2n) is 8.79. The summed E-state index contributed by atoms with van der Waals surface area (Å²) in [7, 11) is 0. The van der Waals surface area contributed by atoms with E-state index in [1.54, 1.807) is 42.6 Å². The van der Waals surface area contributed by atoms with Crippen LogP contribution >= 0.6 is 0 Å². The Morgan fingerprint density at radius 2 is 1.80 bits per heavy atom. The van der Waals surface area contributed by atoms with E-state index in [1.807, 2.05) is 0 Å². The monoisotopic (exact) mass is 489 g/mol. The largest absolute Gasteiger partial charge is 0.393 e. The van der Waals surface area contributed by atoms with Gasteiger partial charge in [0.2, 0.25) is 5.91 Å². The van der Waals surface area contributed by atoms with E-state index in [0.717, 1.165) is 0 Å². The molecule has 0 spiro atoms. The summed E-state index contributed by atoms with van der Waals surface area (Å²) >= 11 is 0. The molecule has 3 aromatic rings. The molecule has 1 aromatic heterocycles. The molecule has 0 aliphatic carbocycles. The predicted octanol–water partition coefficient (Wildman–Crippen LogP) is 4.21. The number of hydrogen-bond donors (Lipinski definition) is 0. The van der Waals surface area contributed by atoms with E-state index < -0.39 is 29.8 Å². The molecule has 2 aromatic carbocycles. The third-order valence-electron chi connectivity index (χ3n) is 6.62. The molecule has 3 heterocycles. The van der Waals surface area contributed by atoms with Gasteiger partial charge in [-0.25, -0.2) is 13.9 Å². The van der Waals surface area contributed by atoms with Gasteiger partial charge in [0, 0.05) is 31.6 Å². The van der Waals surface area contributed by atoms with Crippen LogP contribution in [0, 0.1) is 11.7 Å². The molecule has 2 saturated heterocycles. The first-order valence-electron chi connectivity index (χ1n) is 11.4. The Morgan fingerprint density at radius 3 is 2.57 bits per heavy atom. The van der Waals surface area contributed by atoms with E-state index in [2.05, 4.69) is 5.10 Å². The lowest BCUT2D eigenvalue weighted by molar-refractivity contribution is -0.188. The molecule has 3 amide bonds. The molecule has 2 aliphatic rings. The van der Waals surface area contributed by atoms with Crippen molar-refractivity contribution < 1.29 is 27.2 Å². The van der Waals surface area contributed by atoms with Crippen molar-refractivity contribution in [3.05, 3.63) is 54.5 Å². The van der Waals surface area contributed by atoms with Crippen molar-refractivity contribution >= 4 is 28.5 Å². The summed E-state index contributed by atoms with van der Waals surface area (Å²) < 4.78 is 55.1. The summed E-state index contributed by atoms with van der Waals surface area (Å²) in [5.41, 5.74) is 1.46. The number of likely N-dealkylation sites (tertiary alicyclic amines) is 1. The fraction of sp³-hybridized carbons (Fsp3) is 0.375. The number of para-hydroxylation sites is 1. The van der Waals surface area contributed by atoms with E-state index in [-0.39, 0.29) is 44.7 Å². The van der Waals surface area contributed by atoms with Crippen LogP contribution in [0.1, 0.15) is 12.8 Å². The van der Waals surface area contributed by atoms with Gasteiger partial charge in [-0.15, -0.1) is 0 Å². The number of amides is 3. The molecule has 5 rings (SSSR count). The zero-order valence-electron chi connectivity index (χ0n) is 18.7. The number of benzene rings is 2. The van der Waals surface area contributed by atoms with Crippen molar-refractivity contribution in [3.8, 4) is 5.69 Å². The molecular formula is C24H23F4N5O2. The number of aromatic nitrogens is 2. The highest BCUT2D eigenvalue weighted by Gasteiger charge is 2.43. The predicted molar refractivity (Wildman–Crippen MR) is 121 cm³/mol. The Balaban J connectivity index is 1.33. The molecule has 184 valence electrons. The fourth-order valence-corrected chi connectivity index (χ4v) is 4.77. The first kappa shape index (κ1) is 23.1. The standard InChI is InChI=1S/C24H23F4N5O2/c25-18-6-1-2-7-21(18)33-20-9-3-8-19(17(20)13-29-33)32-12-11-31(23(32)35)15-22(34)30-10-4-5-16(14-30)24(26,27)28/h1-3,6-9,13,16H,4-5,10-12,14-15H2. The second-order valence-corrected chi connectivity index (χ2v) is 8.79. The zero-order valence-corrected chi connectivity index (χ0v) is 18.7. The molecular weight excluding hydrogens is 466 g/mol.